The van der Waals surface area contributed by atoms with Gasteiger partial charge in [0.2, 0.25) is 5.91 Å². The first kappa shape index (κ1) is 31.4. The molecule has 3 fully saturated rings. The minimum absolute atomic E-state index is 0.118. The summed E-state index contributed by atoms with van der Waals surface area (Å²) in [4.78, 5) is 18.3. The number of ether oxygens (including phenoxy) is 3. The lowest BCUT2D eigenvalue weighted by Gasteiger charge is -2.41. The second kappa shape index (κ2) is 13.7. The Bertz CT molecular complexity index is 1370. The van der Waals surface area contributed by atoms with Gasteiger partial charge >= 0.3 is 0 Å². The zero-order valence-corrected chi connectivity index (χ0v) is 24.6. The highest BCUT2D eigenvalue weighted by molar-refractivity contribution is 6.30. The van der Waals surface area contributed by atoms with Gasteiger partial charge in [0.05, 0.1) is 17.9 Å². The predicted octanol–water partition coefficient (Wildman–Crippen LogP) is 3.35. The van der Waals surface area contributed by atoms with Crippen LogP contribution in [0.5, 0.6) is 5.75 Å². The van der Waals surface area contributed by atoms with E-state index in [9.17, 15) is 24.5 Å². The Morgan fingerprint density at radius 1 is 1.09 bits per heavy atom. The van der Waals surface area contributed by atoms with Crippen molar-refractivity contribution in [2.24, 2.45) is 11.1 Å². The lowest BCUT2D eigenvalue weighted by molar-refractivity contribution is -0.155. The average molecular weight is 619 g/mol. The monoisotopic (exact) mass is 618 g/mol. The van der Waals surface area contributed by atoms with Crippen molar-refractivity contribution in [1.29, 1.82) is 0 Å². The summed E-state index contributed by atoms with van der Waals surface area (Å²) in [5.41, 5.74) is 2.42. The molecular formula is C31H36ClFN2O8. The van der Waals surface area contributed by atoms with E-state index < -0.39 is 48.3 Å². The van der Waals surface area contributed by atoms with E-state index >= 15 is 0 Å². The van der Waals surface area contributed by atoms with Crippen molar-refractivity contribution in [2.45, 2.75) is 82.4 Å². The highest BCUT2D eigenvalue weighted by Gasteiger charge is 2.53. The fraction of sp³-hybridized carbons (Fsp3) is 0.484. The molecule has 0 radical (unpaired) electrons. The molecule has 3 aliphatic rings. The maximum absolute atomic E-state index is 15.0. The summed E-state index contributed by atoms with van der Waals surface area (Å²) in [5, 5.41) is 38.8. The molecule has 1 aliphatic heterocycles. The zero-order chi connectivity index (χ0) is 30.7. The highest BCUT2D eigenvalue weighted by Crippen LogP contribution is 2.33. The number of benzene rings is 2. The molecule has 0 aromatic heterocycles. The van der Waals surface area contributed by atoms with Crippen LogP contribution in [-0.2, 0) is 25.7 Å². The maximum atomic E-state index is 15.0. The van der Waals surface area contributed by atoms with E-state index in [4.69, 9.17) is 30.6 Å². The lowest BCUT2D eigenvalue weighted by Crippen LogP contribution is -2.67. The summed E-state index contributed by atoms with van der Waals surface area (Å²) >= 11 is 6.01. The minimum atomic E-state index is -1.46. The van der Waals surface area contributed by atoms with Crippen LogP contribution in [-0.4, -0.2) is 76.4 Å². The first-order valence-corrected chi connectivity index (χ1v) is 14.6. The Balaban J connectivity index is 1.13. The summed E-state index contributed by atoms with van der Waals surface area (Å²) < 4.78 is 31.5. The molecule has 1 amide bonds. The van der Waals surface area contributed by atoms with Gasteiger partial charge in [-0.3, -0.25) is 4.79 Å². The van der Waals surface area contributed by atoms with Crippen molar-refractivity contribution in [3.8, 4) is 5.75 Å². The van der Waals surface area contributed by atoms with Gasteiger partial charge in [-0.15, -0.1) is 0 Å². The number of hydrogen-bond acceptors (Lipinski definition) is 9. The van der Waals surface area contributed by atoms with Gasteiger partial charge in [0.1, 0.15) is 43.9 Å². The van der Waals surface area contributed by atoms with Crippen LogP contribution in [0.25, 0.3) is 6.08 Å². The first-order valence-electron chi connectivity index (χ1n) is 14.2. The van der Waals surface area contributed by atoms with Crippen LogP contribution in [0.4, 0.5) is 4.39 Å². The number of carbonyl (C=O) groups excluding carboxylic acids is 1. The molecule has 43 heavy (non-hydrogen) atoms. The molecule has 2 aromatic carbocycles. The lowest BCUT2D eigenvalue weighted by atomic mass is 9.83. The van der Waals surface area contributed by atoms with Crippen molar-refractivity contribution in [3.05, 3.63) is 70.0 Å². The summed E-state index contributed by atoms with van der Waals surface area (Å²) in [6.45, 7) is 3.62. The molecule has 12 heteroatoms. The number of nitrogens with one attached hydrogen (secondary N) is 1. The van der Waals surface area contributed by atoms with Gasteiger partial charge < -0.3 is 39.7 Å². The fourth-order valence-electron chi connectivity index (χ4n) is 5.76. The zero-order valence-electron chi connectivity index (χ0n) is 23.9. The van der Waals surface area contributed by atoms with Gasteiger partial charge in [0.15, 0.2) is 11.6 Å². The van der Waals surface area contributed by atoms with E-state index in [0.29, 0.717) is 23.6 Å². The van der Waals surface area contributed by atoms with Crippen molar-refractivity contribution in [2.75, 3.05) is 6.79 Å². The van der Waals surface area contributed by atoms with Crippen LogP contribution in [0.2, 0.25) is 5.02 Å². The molecule has 0 spiro atoms. The van der Waals surface area contributed by atoms with E-state index in [1.165, 1.54) is 25.1 Å². The van der Waals surface area contributed by atoms with Gasteiger partial charge in [0, 0.05) is 16.5 Å². The van der Waals surface area contributed by atoms with Crippen LogP contribution < -0.4 is 10.1 Å². The largest absolute Gasteiger partial charge is 0.487 e. The number of aliphatic hydroxyl groups excluding tert-OH is 3. The van der Waals surface area contributed by atoms with Crippen molar-refractivity contribution < 1.29 is 43.6 Å². The third-order valence-electron chi connectivity index (χ3n) is 8.20. The average Bonchev–Trinajstić information content (AvgIpc) is 3.66. The second-order valence-electron chi connectivity index (χ2n) is 11.3. The van der Waals surface area contributed by atoms with Crippen LogP contribution >= 0.6 is 11.6 Å². The molecule has 2 unspecified atom stereocenters. The Morgan fingerprint density at radius 2 is 1.86 bits per heavy atom. The quantitative estimate of drug-likeness (QED) is 0.191. The molecule has 2 saturated carbocycles. The molecular weight excluding hydrogens is 583 g/mol. The van der Waals surface area contributed by atoms with Gasteiger partial charge in [-0.25, -0.2) is 4.39 Å². The standard InChI is InChI=1S/C31H36ClFN2O8/c1-16(31(39)34-25-26(36)28(38)30-29(27(25)37)40-15-41-30)10-18-6-9-24(23(33)12-18)43-22-8-7-20(13-22)17(2)35-42-14-19-4-3-5-21(32)11-19/h3-6,9-12,20,22,25-30,36-38H,7-8,13-15H2,1-2H3,(H,34,39)/b16-10+,35-17?/t20-,22+,25?,26+,27-,28-,29?,30-/m1/s1. The molecule has 232 valence electrons. The number of fused-ring (bicyclic) bond motifs is 1. The third-order valence-corrected chi connectivity index (χ3v) is 8.43. The Morgan fingerprint density at radius 3 is 2.60 bits per heavy atom. The first-order chi connectivity index (χ1) is 20.6. The second-order valence-corrected chi connectivity index (χ2v) is 11.7. The van der Waals surface area contributed by atoms with Crippen LogP contribution in [0.3, 0.4) is 0 Å². The number of oxime groups is 1. The van der Waals surface area contributed by atoms with E-state index in [2.05, 4.69) is 10.5 Å². The maximum Gasteiger partial charge on any atom is 0.247 e. The summed E-state index contributed by atoms with van der Waals surface area (Å²) in [7, 11) is 0. The Kier molecular flexibility index (Phi) is 10.0. The summed E-state index contributed by atoms with van der Waals surface area (Å²) in [6.07, 6.45) is -2.28. The Labute approximate surface area is 254 Å². The molecule has 4 N–H and O–H groups in total. The van der Waals surface area contributed by atoms with Crippen molar-refractivity contribution in [1.82, 2.24) is 5.32 Å². The summed E-state index contributed by atoms with van der Waals surface area (Å²) in [6, 6.07) is 10.7. The highest BCUT2D eigenvalue weighted by atomic mass is 35.5. The molecule has 8 atom stereocenters. The normalized spacial score (nSPS) is 31.0. The van der Waals surface area contributed by atoms with E-state index in [1.54, 1.807) is 12.1 Å². The SMILES string of the molecule is CC(=NOCc1cccc(Cl)c1)[C@@H]1CC[C@H](Oc2ccc(/C=C(\C)C(=O)NC3[C@@H](O)C4OCO[C@@H]4[C@H](O)[C@H]3O)cc2F)C1. The number of halogens is 2. The summed E-state index contributed by atoms with van der Waals surface area (Å²) in [5.74, 6) is -0.880. The van der Waals surface area contributed by atoms with Gasteiger partial charge in [-0.2, -0.15) is 0 Å². The van der Waals surface area contributed by atoms with Gasteiger partial charge in [-0.1, -0.05) is 35.0 Å². The molecule has 0 bridgehead atoms. The molecule has 2 aliphatic carbocycles. The predicted molar refractivity (Wildman–Crippen MR) is 156 cm³/mol. The van der Waals surface area contributed by atoms with E-state index in [1.807, 2.05) is 25.1 Å². The number of nitrogens with zero attached hydrogens (tertiary/aromatic N) is 1. The Hall–Kier alpha value is -3.06. The van der Waals surface area contributed by atoms with Gasteiger partial charge in [0.25, 0.3) is 0 Å². The van der Waals surface area contributed by atoms with Crippen molar-refractivity contribution in [3.63, 3.8) is 0 Å². The van der Waals surface area contributed by atoms with Crippen LogP contribution in [0.1, 0.15) is 44.2 Å². The smallest absolute Gasteiger partial charge is 0.247 e. The molecule has 2 aromatic rings. The van der Waals surface area contributed by atoms with E-state index in [0.717, 1.165) is 24.1 Å². The minimum Gasteiger partial charge on any atom is -0.487 e. The number of rotatable bonds is 9. The van der Waals surface area contributed by atoms with Crippen LogP contribution in [0, 0.1) is 11.7 Å². The fourth-order valence-corrected chi connectivity index (χ4v) is 5.97. The number of hydrogen-bond donors (Lipinski definition) is 4. The molecule has 1 heterocycles. The number of carbonyl (C=O) groups is 1. The number of aliphatic hydroxyl groups is 3. The molecule has 1 saturated heterocycles. The number of amides is 1. The molecule has 10 nitrogen and oxygen atoms in total. The third kappa shape index (κ3) is 7.36. The topological polar surface area (TPSA) is 139 Å². The van der Waals surface area contributed by atoms with Gasteiger partial charge in [-0.05, 0) is 74.6 Å². The molecule has 5 rings (SSSR count). The van der Waals surface area contributed by atoms with Crippen LogP contribution in [0.15, 0.2) is 53.2 Å². The van der Waals surface area contributed by atoms with E-state index in [-0.39, 0.29) is 30.1 Å². The van der Waals surface area contributed by atoms with Crippen molar-refractivity contribution >= 4 is 29.3 Å².